The molecule has 3 rings (SSSR count). The molecular formula is C29H44O. The summed E-state index contributed by atoms with van der Waals surface area (Å²) in [5.41, 5.74) is 2.84. The van der Waals surface area contributed by atoms with Crippen LogP contribution in [0.2, 0.25) is 0 Å². The van der Waals surface area contributed by atoms with Crippen LogP contribution in [0.3, 0.4) is 0 Å². The molecule has 0 N–H and O–H groups in total. The molecule has 0 unspecified atom stereocenters. The van der Waals surface area contributed by atoms with E-state index in [1.165, 1.54) is 69.8 Å². The van der Waals surface area contributed by atoms with Gasteiger partial charge in [-0.05, 0) is 105 Å². The minimum absolute atomic E-state index is 0.719. The van der Waals surface area contributed by atoms with Gasteiger partial charge in [0, 0.05) is 0 Å². The molecule has 30 heavy (non-hydrogen) atoms. The third kappa shape index (κ3) is 7.41. The van der Waals surface area contributed by atoms with Crippen molar-refractivity contribution in [1.29, 1.82) is 0 Å². The van der Waals surface area contributed by atoms with Gasteiger partial charge in [0.15, 0.2) is 0 Å². The lowest BCUT2D eigenvalue weighted by atomic mass is 9.68. The van der Waals surface area contributed by atoms with E-state index in [-0.39, 0.29) is 0 Å². The van der Waals surface area contributed by atoms with E-state index in [9.17, 15) is 0 Å². The Morgan fingerprint density at radius 1 is 0.733 bits per heavy atom. The molecule has 1 heteroatoms. The summed E-state index contributed by atoms with van der Waals surface area (Å²) < 4.78 is 5.73. The fourth-order valence-corrected chi connectivity index (χ4v) is 5.64. The van der Waals surface area contributed by atoms with Gasteiger partial charge in [0.25, 0.3) is 0 Å². The molecule has 0 amide bonds. The predicted octanol–water partition coefficient (Wildman–Crippen LogP) is 8.61. The highest BCUT2D eigenvalue weighted by Crippen LogP contribution is 2.44. The highest BCUT2D eigenvalue weighted by molar-refractivity contribution is 5.25. The van der Waals surface area contributed by atoms with Crippen molar-refractivity contribution in [3.05, 3.63) is 59.7 Å². The molecule has 0 saturated heterocycles. The minimum atomic E-state index is 0.719. The summed E-state index contributed by atoms with van der Waals surface area (Å²) in [4.78, 5) is 0. The molecule has 1 nitrogen and oxygen atoms in total. The van der Waals surface area contributed by atoms with Crippen LogP contribution in [0.1, 0.15) is 102 Å². The van der Waals surface area contributed by atoms with Crippen LogP contribution < -0.4 is 0 Å². The predicted molar refractivity (Wildman–Crippen MR) is 130 cm³/mol. The molecule has 0 bridgehead atoms. The third-order valence-electron chi connectivity index (χ3n) is 7.54. The molecule has 1 aromatic carbocycles. The van der Waals surface area contributed by atoms with Gasteiger partial charge in [-0.15, -0.1) is 0 Å². The monoisotopic (exact) mass is 408 g/mol. The van der Waals surface area contributed by atoms with Crippen LogP contribution in [0, 0.1) is 17.8 Å². The van der Waals surface area contributed by atoms with Gasteiger partial charge in [0.2, 0.25) is 0 Å². The molecule has 2 saturated carbocycles. The summed E-state index contributed by atoms with van der Waals surface area (Å²) >= 11 is 0. The zero-order valence-electron chi connectivity index (χ0n) is 19.5. The van der Waals surface area contributed by atoms with Crippen molar-refractivity contribution in [2.45, 2.75) is 97.0 Å². The van der Waals surface area contributed by atoms with Gasteiger partial charge in [0.05, 0.1) is 13.2 Å². The SMILES string of the molecule is CCC=CCOCc1ccc(C2CCC([C@H]3CC[C@H](C/C=C/CC)CC3)CC2)cc1. The Bertz CT molecular complexity index is 625. The average molecular weight is 409 g/mol. The minimum Gasteiger partial charge on any atom is -0.373 e. The van der Waals surface area contributed by atoms with Crippen LogP contribution in [-0.4, -0.2) is 6.61 Å². The number of ether oxygens (including phenoxy) is 1. The molecule has 0 radical (unpaired) electrons. The molecule has 2 aliphatic rings. The van der Waals surface area contributed by atoms with Crippen molar-refractivity contribution >= 4 is 0 Å². The number of hydrogen-bond acceptors (Lipinski definition) is 1. The summed E-state index contributed by atoms with van der Waals surface area (Å²) in [5, 5.41) is 0. The molecule has 166 valence electrons. The fraction of sp³-hybridized carbons (Fsp3) is 0.655. The van der Waals surface area contributed by atoms with E-state index in [1.54, 1.807) is 5.56 Å². The van der Waals surface area contributed by atoms with Crippen LogP contribution in [-0.2, 0) is 11.3 Å². The second-order valence-electron chi connectivity index (χ2n) is 9.64. The molecule has 0 heterocycles. The van der Waals surface area contributed by atoms with Crippen molar-refractivity contribution in [2.24, 2.45) is 17.8 Å². The highest BCUT2D eigenvalue weighted by Gasteiger charge is 2.30. The molecular weight excluding hydrogens is 364 g/mol. The third-order valence-corrected chi connectivity index (χ3v) is 7.54. The number of rotatable bonds is 10. The van der Waals surface area contributed by atoms with Gasteiger partial charge in [0.1, 0.15) is 0 Å². The number of hydrogen-bond donors (Lipinski definition) is 0. The lowest BCUT2D eigenvalue weighted by molar-refractivity contribution is 0.148. The molecule has 1 aromatic rings. The first-order valence-electron chi connectivity index (χ1n) is 12.8. The standard InChI is InChI=1S/C29H44O/c1-3-5-7-9-24-10-14-26(15-11-24)28-18-20-29(21-19-28)27-16-12-25(13-17-27)23-30-22-8-6-4-2/h5-8,12-13,16-17,24,26,28-29H,3-4,9-11,14-15,18-23H2,1-2H3/b7-5+,8-6?/t24-,26-,28?,29?. The largest absolute Gasteiger partial charge is 0.373 e. The molecule has 0 atom stereocenters. The first-order chi connectivity index (χ1) is 14.8. The van der Waals surface area contributed by atoms with E-state index >= 15 is 0 Å². The normalized spacial score (nSPS) is 27.8. The second-order valence-corrected chi connectivity index (χ2v) is 9.64. The van der Waals surface area contributed by atoms with E-state index < -0.39 is 0 Å². The average Bonchev–Trinajstić information content (AvgIpc) is 2.80. The van der Waals surface area contributed by atoms with E-state index in [0.717, 1.165) is 43.3 Å². The lowest BCUT2D eigenvalue weighted by Gasteiger charge is -2.38. The number of allylic oxidation sites excluding steroid dienone is 3. The Balaban J connectivity index is 1.37. The zero-order chi connectivity index (χ0) is 21.0. The van der Waals surface area contributed by atoms with E-state index in [2.05, 4.69) is 62.4 Å². The maximum atomic E-state index is 5.73. The quantitative estimate of drug-likeness (QED) is 0.278. The van der Waals surface area contributed by atoms with Gasteiger partial charge < -0.3 is 4.74 Å². The lowest BCUT2D eigenvalue weighted by Crippen LogP contribution is -2.25. The Hall–Kier alpha value is -1.34. The Morgan fingerprint density at radius 3 is 1.97 bits per heavy atom. The zero-order valence-corrected chi connectivity index (χ0v) is 19.5. The summed E-state index contributed by atoms with van der Waals surface area (Å²) in [6.07, 6.45) is 24.2. The van der Waals surface area contributed by atoms with Gasteiger partial charge in [-0.25, -0.2) is 0 Å². The van der Waals surface area contributed by atoms with Gasteiger partial charge in [-0.2, -0.15) is 0 Å². The summed E-state index contributed by atoms with van der Waals surface area (Å²) in [6, 6.07) is 9.28. The van der Waals surface area contributed by atoms with Crippen LogP contribution in [0.4, 0.5) is 0 Å². The number of benzene rings is 1. The smallest absolute Gasteiger partial charge is 0.0721 e. The topological polar surface area (TPSA) is 9.23 Å². The first kappa shape index (κ1) is 23.3. The maximum Gasteiger partial charge on any atom is 0.0721 e. The molecule has 2 aliphatic carbocycles. The van der Waals surface area contributed by atoms with Gasteiger partial charge >= 0.3 is 0 Å². The van der Waals surface area contributed by atoms with Gasteiger partial charge in [-0.1, -0.05) is 62.4 Å². The van der Waals surface area contributed by atoms with Crippen molar-refractivity contribution < 1.29 is 4.74 Å². The van der Waals surface area contributed by atoms with E-state index in [1.807, 2.05) is 0 Å². The van der Waals surface area contributed by atoms with Crippen molar-refractivity contribution in [1.82, 2.24) is 0 Å². The molecule has 2 fully saturated rings. The van der Waals surface area contributed by atoms with Gasteiger partial charge in [-0.3, -0.25) is 0 Å². The Kier molecular flexibility index (Phi) is 10.2. The highest BCUT2D eigenvalue weighted by atomic mass is 16.5. The van der Waals surface area contributed by atoms with E-state index in [0.29, 0.717) is 0 Å². The Morgan fingerprint density at radius 2 is 1.33 bits per heavy atom. The van der Waals surface area contributed by atoms with Crippen LogP contribution >= 0.6 is 0 Å². The van der Waals surface area contributed by atoms with E-state index in [4.69, 9.17) is 4.74 Å². The van der Waals surface area contributed by atoms with Crippen molar-refractivity contribution in [3.63, 3.8) is 0 Å². The van der Waals surface area contributed by atoms with Crippen LogP contribution in [0.25, 0.3) is 0 Å². The van der Waals surface area contributed by atoms with Crippen molar-refractivity contribution in [3.8, 4) is 0 Å². The summed E-state index contributed by atoms with van der Waals surface area (Å²) in [7, 11) is 0. The first-order valence-corrected chi connectivity index (χ1v) is 12.8. The van der Waals surface area contributed by atoms with Crippen LogP contribution in [0.5, 0.6) is 0 Å². The molecule has 0 spiro atoms. The molecule has 0 aromatic heterocycles. The molecule has 0 aliphatic heterocycles. The maximum absolute atomic E-state index is 5.73. The van der Waals surface area contributed by atoms with Crippen molar-refractivity contribution in [2.75, 3.05) is 6.61 Å². The summed E-state index contributed by atoms with van der Waals surface area (Å²) in [6.45, 7) is 5.83. The van der Waals surface area contributed by atoms with Crippen LogP contribution in [0.15, 0.2) is 48.6 Å². The fourth-order valence-electron chi connectivity index (χ4n) is 5.64. The Labute approximate surface area is 186 Å². The second kappa shape index (κ2) is 13.2. The summed E-state index contributed by atoms with van der Waals surface area (Å²) in [5.74, 6) is 3.75.